The van der Waals surface area contributed by atoms with Crippen molar-refractivity contribution in [3.63, 3.8) is 0 Å². The summed E-state index contributed by atoms with van der Waals surface area (Å²) in [6.07, 6.45) is 0.519. The maximum atomic E-state index is 12.7. The summed E-state index contributed by atoms with van der Waals surface area (Å²) in [4.78, 5) is 39.9. The van der Waals surface area contributed by atoms with E-state index in [1.165, 1.54) is 13.2 Å². The number of ether oxygens (including phenoxy) is 2. The summed E-state index contributed by atoms with van der Waals surface area (Å²) in [5.74, 6) is -1.02. The van der Waals surface area contributed by atoms with E-state index in [1.807, 2.05) is 5.32 Å². The van der Waals surface area contributed by atoms with Gasteiger partial charge in [-0.15, -0.1) is 10.2 Å². The van der Waals surface area contributed by atoms with Crippen LogP contribution in [0.4, 0.5) is 22.0 Å². The summed E-state index contributed by atoms with van der Waals surface area (Å²) in [6.45, 7) is -3.11. The summed E-state index contributed by atoms with van der Waals surface area (Å²) in [5, 5.41) is 19.0. The van der Waals surface area contributed by atoms with Crippen molar-refractivity contribution in [3.05, 3.63) is 35.9 Å². The third-order valence-corrected chi connectivity index (χ3v) is 4.86. The van der Waals surface area contributed by atoms with E-state index in [9.17, 15) is 14.4 Å². The summed E-state index contributed by atoms with van der Waals surface area (Å²) in [5.41, 5.74) is 5.31. The van der Waals surface area contributed by atoms with Crippen LogP contribution >= 0.6 is 0 Å². The normalized spacial score (nSPS) is 14.1. The molecule has 3 aromatic rings. The first kappa shape index (κ1) is 19.7. The molecule has 0 aliphatic heterocycles. The maximum absolute atomic E-state index is 12.7. The van der Waals surface area contributed by atoms with E-state index in [4.69, 9.17) is 19.1 Å². The molecule has 1 aliphatic rings. The highest BCUT2D eigenvalue weighted by atomic mass is 16.6. The van der Waals surface area contributed by atoms with E-state index in [2.05, 4.69) is 35.7 Å². The van der Waals surface area contributed by atoms with Crippen molar-refractivity contribution in [2.24, 2.45) is 11.7 Å². The highest BCUT2D eigenvalue weighted by molar-refractivity contribution is 6.00. The minimum Gasteiger partial charge on any atom is -0.494 e. The lowest BCUT2D eigenvalue weighted by molar-refractivity contribution is -0.117. The molecule has 0 bridgehead atoms. The number of carbonyl (C=O) groups is 3. The van der Waals surface area contributed by atoms with Crippen molar-refractivity contribution in [3.8, 4) is 17.1 Å². The van der Waals surface area contributed by atoms with Gasteiger partial charge in [0.1, 0.15) is 0 Å². The molecule has 2 heterocycles. The number of anilines is 3. The number of hydrogen-bond acceptors (Lipinski definition) is 11. The fourth-order valence-electron chi connectivity index (χ4n) is 3.08. The van der Waals surface area contributed by atoms with Crippen LogP contribution in [0.15, 0.2) is 28.8 Å². The van der Waals surface area contributed by atoms with Crippen LogP contribution in [-0.2, 0) is 16.1 Å². The molecule has 0 unspecified atom stereocenters. The van der Waals surface area contributed by atoms with Crippen LogP contribution in [0, 0.1) is 5.92 Å². The van der Waals surface area contributed by atoms with Gasteiger partial charge in [0.15, 0.2) is 23.9 Å². The monoisotopic (exact) mass is 485 g/mol. The molecule has 0 saturated heterocycles. The molecular formula is C21H22N8O6. The minimum atomic E-state index is -2.78. The highest BCUT2D eigenvalue weighted by Gasteiger charge is 2.30. The zero-order valence-corrected chi connectivity index (χ0v) is 18.3. The van der Waals surface area contributed by atoms with Crippen LogP contribution in [0.1, 0.15) is 33.3 Å². The third kappa shape index (κ3) is 5.43. The number of nitrogens with one attached hydrogen (secondary N) is 3. The van der Waals surface area contributed by atoms with Gasteiger partial charge >= 0.3 is 6.09 Å². The van der Waals surface area contributed by atoms with Crippen LogP contribution in [0.5, 0.6) is 5.75 Å². The number of primary amides is 1. The summed E-state index contributed by atoms with van der Waals surface area (Å²) in [7, 11) is 1.38. The highest BCUT2D eigenvalue weighted by Crippen LogP contribution is 2.37. The van der Waals surface area contributed by atoms with Gasteiger partial charge in [-0.3, -0.25) is 9.59 Å². The molecular weight excluding hydrogens is 460 g/mol. The van der Waals surface area contributed by atoms with E-state index in [-0.39, 0.29) is 53.1 Å². The van der Waals surface area contributed by atoms with E-state index >= 15 is 0 Å². The molecule has 0 atom stereocenters. The van der Waals surface area contributed by atoms with Gasteiger partial charge in [-0.1, -0.05) is 11.2 Å². The molecule has 1 aliphatic carbocycles. The SMILES string of the molecule is [2H]C([2H])([2H])NC(=O)c1nnc(NC(=O)C2CC2)cc1Nc1cccc(-c2noc(COC(N)=O)n2)c1OC. The summed E-state index contributed by atoms with van der Waals surface area (Å²) in [6, 6.07) is 6.21. The number of methoxy groups -OCH3 is 1. The minimum absolute atomic E-state index is 0.0165. The molecule has 14 nitrogen and oxygen atoms in total. The first-order valence-electron chi connectivity index (χ1n) is 11.7. The Bertz CT molecular complexity index is 1380. The van der Waals surface area contributed by atoms with Crippen LogP contribution in [0.25, 0.3) is 11.4 Å². The van der Waals surface area contributed by atoms with Crippen molar-refractivity contribution in [1.82, 2.24) is 25.7 Å². The summed E-state index contributed by atoms with van der Waals surface area (Å²) >= 11 is 0. The Balaban J connectivity index is 1.68. The lowest BCUT2D eigenvalue weighted by atomic mass is 10.1. The molecule has 3 amide bonds. The second-order valence-corrected chi connectivity index (χ2v) is 7.34. The number of nitrogens with two attached hydrogens (primary N) is 1. The molecule has 0 spiro atoms. The molecule has 14 heteroatoms. The van der Waals surface area contributed by atoms with Gasteiger partial charge in [-0.25, -0.2) is 4.79 Å². The largest absolute Gasteiger partial charge is 0.494 e. The van der Waals surface area contributed by atoms with Crippen LogP contribution in [0.2, 0.25) is 0 Å². The average Bonchev–Trinajstić information content (AvgIpc) is 3.59. The third-order valence-electron chi connectivity index (χ3n) is 4.86. The Morgan fingerprint density at radius 1 is 1.26 bits per heavy atom. The molecule has 0 radical (unpaired) electrons. The lowest BCUT2D eigenvalue weighted by Gasteiger charge is -2.16. The van der Waals surface area contributed by atoms with E-state index in [1.54, 1.807) is 18.2 Å². The van der Waals surface area contributed by atoms with Crippen LogP contribution < -0.4 is 26.4 Å². The average molecular weight is 485 g/mol. The lowest BCUT2D eigenvalue weighted by Crippen LogP contribution is -2.22. The fourth-order valence-corrected chi connectivity index (χ4v) is 3.08. The van der Waals surface area contributed by atoms with Crippen molar-refractivity contribution < 1.29 is 32.5 Å². The zero-order chi connectivity index (χ0) is 27.4. The number of nitrogens with zero attached hydrogens (tertiary/aromatic N) is 4. The number of para-hydroxylation sites is 1. The number of amides is 3. The maximum Gasteiger partial charge on any atom is 0.405 e. The molecule has 1 saturated carbocycles. The molecule has 5 N–H and O–H groups in total. The molecule has 2 aromatic heterocycles. The van der Waals surface area contributed by atoms with Gasteiger partial charge in [0.2, 0.25) is 11.7 Å². The number of rotatable bonds is 9. The van der Waals surface area contributed by atoms with Gasteiger partial charge < -0.3 is 35.7 Å². The van der Waals surface area contributed by atoms with Crippen LogP contribution in [0.3, 0.4) is 0 Å². The number of carbonyl (C=O) groups excluding carboxylic acids is 3. The Morgan fingerprint density at radius 2 is 2.09 bits per heavy atom. The van der Waals surface area contributed by atoms with E-state index in [0.717, 1.165) is 12.8 Å². The fraction of sp³-hybridized carbons (Fsp3) is 0.286. The first-order valence-corrected chi connectivity index (χ1v) is 10.2. The summed E-state index contributed by atoms with van der Waals surface area (Å²) < 4.78 is 37.2. The van der Waals surface area contributed by atoms with E-state index < -0.39 is 19.0 Å². The Labute approximate surface area is 202 Å². The number of benzene rings is 1. The second kappa shape index (κ2) is 10.0. The Kier molecular flexibility index (Phi) is 5.64. The smallest absolute Gasteiger partial charge is 0.405 e. The molecule has 35 heavy (non-hydrogen) atoms. The standard InChI is InChI=1S/C21H22N8O6/c1-23-20(31)16-13(8-14(27-28-16)25-19(30)10-6-7-10)24-12-5-3-4-11(17(12)33-2)18-26-15(35-29-18)9-34-21(22)32/h3-5,8,10H,6-7,9H2,1-2H3,(H2,22,32)(H,23,31)(H2,24,25,27,30)/i1D3. The predicted octanol–water partition coefficient (Wildman–Crippen LogP) is 1.58. The quantitative estimate of drug-likeness (QED) is 0.343. The Hall–Kier alpha value is -4.75. The molecule has 182 valence electrons. The first-order chi connectivity index (χ1) is 18.0. The van der Waals surface area contributed by atoms with Gasteiger partial charge in [-0.05, 0) is 25.0 Å². The van der Waals surface area contributed by atoms with E-state index in [0.29, 0.717) is 11.3 Å². The topological polar surface area (TPSA) is 196 Å². The van der Waals surface area contributed by atoms with Gasteiger partial charge in [-0.2, -0.15) is 4.98 Å². The van der Waals surface area contributed by atoms with Gasteiger partial charge in [0.05, 0.1) is 24.0 Å². The number of hydrogen-bond donors (Lipinski definition) is 4. The Morgan fingerprint density at radius 3 is 2.80 bits per heavy atom. The van der Waals surface area contributed by atoms with Crippen LogP contribution in [-0.4, -0.2) is 52.3 Å². The molecule has 4 rings (SSSR count). The predicted molar refractivity (Wildman–Crippen MR) is 121 cm³/mol. The number of aromatic nitrogens is 4. The second-order valence-electron chi connectivity index (χ2n) is 7.34. The molecule has 1 aromatic carbocycles. The van der Waals surface area contributed by atoms with Crippen molar-refractivity contribution in [2.45, 2.75) is 19.4 Å². The molecule has 1 fully saturated rings. The van der Waals surface area contributed by atoms with Crippen molar-refractivity contribution in [1.29, 1.82) is 0 Å². The zero-order valence-electron chi connectivity index (χ0n) is 21.3. The van der Waals surface area contributed by atoms with Crippen molar-refractivity contribution >= 4 is 35.1 Å². The van der Waals surface area contributed by atoms with Gasteiger partial charge in [0, 0.05) is 23.1 Å². The van der Waals surface area contributed by atoms with Gasteiger partial charge in [0.25, 0.3) is 11.8 Å². The van der Waals surface area contributed by atoms with Crippen molar-refractivity contribution in [2.75, 3.05) is 24.7 Å².